The highest BCUT2D eigenvalue weighted by atomic mass is 16.5. The van der Waals surface area contributed by atoms with Crippen LogP contribution in [0.4, 0.5) is 0 Å². The summed E-state index contributed by atoms with van der Waals surface area (Å²) in [6.07, 6.45) is 4.51. The van der Waals surface area contributed by atoms with E-state index in [1.54, 1.807) is 0 Å². The lowest BCUT2D eigenvalue weighted by atomic mass is 10.0. The average molecular weight is 212 g/mol. The molecule has 2 heterocycles. The van der Waals surface area contributed by atoms with Crippen LogP contribution in [0.1, 0.15) is 25.7 Å². The fourth-order valence-electron chi connectivity index (χ4n) is 2.73. The second-order valence-corrected chi connectivity index (χ2v) is 4.42. The van der Waals surface area contributed by atoms with Crippen LogP contribution in [0.5, 0.6) is 0 Å². The normalized spacial score (nSPS) is 32.9. The number of piperidine rings is 1. The Morgan fingerprint density at radius 3 is 2.93 bits per heavy atom. The Labute approximate surface area is 91.0 Å². The molecule has 0 saturated carbocycles. The lowest BCUT2D eigenvalue weighted by molar-refractivity contribution is -0.146. The molecule has 86 valence electrons. The first-order valence-electron chi connectivity index (χ1n) is 5.87. The van der Waals surface area contributed by atoms with Crippen LogP contribution in [0, 0.1) is 0 Å². The van der Waals surface area contributed by atoms with E-state index in [1.165, 1.54) is 20.0 Å². The molecule has 0 bridgehead atoms. The van der Waals surface area contributed by atoms with Crippen molar-refractivity contribution in [2.75, 3.05) is 26.7 Å². The zero-order valence-electron chi connectivity index (χ0n) is 9.37. The first-order chi connectivity index (χ1) is 7.33. The van der Waals surface area contributed by atoms with E-state index in [4.69, 9.17) is 4.74 Å². The van der Waals surface area contributed by atoms with Gasteiger partial charge >= 0.3 is 5.97 Å². The first-order valence-corrected chi connectivity index (χ1v) is 5.87. The Balaban J connectivity index is 1.97. The molecule has 0 radical (unpaired) electrons. The van der Waals surface area contributed by atoms with Gasteiger partial charge in [0, 0.05) is 12.6 Å². The molecule has 1 N–H and O–H groups in total. The summed E-state index contributed by atoms with van der Waals surface area (Å²) >= 11 is 0. The number of hydrogen-bond donors (Lipinski definition) is 1. The molecule has 0 aromatic carbocycles. The quantitative estimate of drug-likeness (QED) is 0.672. The molecule has 2 rings (SSSR count). The second-order valence-electron chi connectivity index (χ2n) is 4.42. The van der Waals surface area contributed by atoms with Crippen molar-refractivity contribution in [2.45, 2.75) is 37.8 Å². The van der Waals surface area contributed by atoms with E-state index in [9.17, 15) is 4.79 Å². The number of nitrogens with one attached hydrogen (secondary N) is 1. The monoisotopic (exact) mass is 212 g/mol. The number of esters is 1. The highest BCUT2D eigenvalue weighted by molar-refractivity contribution is 5.76. The summed E-state index contributed by atoms with van der Waals surface area (Å²) in [6, 6.07) is 0.547. The van der Waals surface area contributed by atoms with E-state index in [0.717, 1.165) is 32.5 Å². The van der Waals surface area contributed by atoms with Crippen molar-refractivity contribution in [1.29, 1.82) is 0 Å². The van der Waals surface area contributed by atoms with Crippen molar-refractivity contribution in [2.24, 2.45) is 0 Å². The Hall–Kier alpha value is -0.610. The van der Waals surface area contributed by atoms with E-state index >= 15 is 0 Å². The zero-order valence-corrected chi connectivity index (χ0v) is 9.37. The molecule has 0 spiro atoms. The van der Waals surface area contributed by atoms with Crippen molar-refractivity contribution >= 4 is 5.97 Å². The van der Waals surface area contributed by atoms with Crippen molar-refractivity contribution in [3.05, 3.63) is 0 Å². The lowest BCUT2D eigenvalue weighted by Gasteiger charge is -2.34. The van der Waals surface area contributed by atoms with Gasteiger partial charge in [0.1, 0.15) is 6.04 Å². The minimum Gasteiger partial charge on any atom is -0.468 e. The zero-order chi connectivity index (χ0) is 10.7. The van der Waals surface area contributed by atoms with Gasteiger partial charge in [-0.3, -0.25) is 9.69 Å². The number of carbonyl (C=O) groups is 1. The number of hydrogen-bond acceptors (Lipinski definition) is 4. The van der Waals surface area contributed by atoms with Crippen LogP contribution in [0.3, 0.4) is 0 Å². The van der Waals surface area contributed by atoms with Gasteiger partial charge in [0.15, 0.2) is 0 Å². The van der Waals surface area contributed by atoms with Gasteiger partial charge in [0.05, 0.1) is 7.11 Å². The molecule has 2 fully saturated rings. The minimum absolute atomic E-state index is 0.0138. The summed E-state index contributed by atoms with van der Waals surface area (Å²) in [5, 5.41) is 3.40. The van der Waals surface area contributed by atoms with Crippen LogP contribution in [0.2, 0.25) is 0 Å². The maximum Gasteiger partial charge on any atom is 0.323 e. The fourth-order valence-corrected chi connectivity index (χ4v) is 2.73. The van der Waals surface area contributed by atoms with Crippen LogP contribution < -0.4 is 5.32 Å². The number of carbonyl (C=O) groups excluding carboxylic acids is 1. The topological polar surface area (TPSA) is 41.6 Å². The molecule has 1 unspecified atom stereocenters. The third kappa shape index (κ3) is 2.32. The van der Waals surface area contributed by atoms with E-state index < -0.39 is 0 Å². The van der Waals surface area contributed by atoms with Crippen molar-refractivity contribution < 1.29 is 9.53 Å². The van der Waals surface area contributed by atoms with E-state index in [1.807, 2.05) is 0 Å². The Kier molecular flexibility index (Phi) is 3.59. The molecule has 2 atom stereocenters. The molecular weight excluding hydrogens is 192 g/mol. The number of rotatable bonds is 2. The number of nitrogens with zero attached hydrogens (tertiary/aromatic N) is 1. The van der Waals surface area contributed by atoms with Gasteiger partial charge in [0.25, 0.3) is 0 Å². The molecule has 4 nitrogen and oxygen atoms in total. The third-order valence-corrected chi connectivity index (χ3v) is 3.51. The Bertz CT molecular complexity index is 227. The summed E-state index contributed by atoms with van der Waals surface area (Å²) in [7, 11) is 1.48. The van der Waals surface area contributed by atoms with Crippen LogP contribution in [-0.4, -0.2) is 49.7 Å². The third-order valence-electron chi connectivity index (χ3n) is 3.51. The number of likely N-dealkylation sites (tertiary alicyclic amines) is 1. The molecule has 2 aliphatic rings. The van der Waals surface area contributed by atoms with Crippen LogP contribution in [0.25, 0.3) is 0 Å². The first kappa shape index (κ1) is 10.9. The van der Waals surface area contributed by atoms with E-state index in [2.05, 4.69) is 10.2 Å². The molecule has 4 heteroatoms. The molecule has 15 heavy (non-hydrogen) atoms. The summed E-state index contributed by atoms with van der Waals surface area (Å²) in [4.78, 5) is 13.9. The van der Waals surface area contributed by atoms with E-state index in [0.29, 0.717) is 6.04 Å². The molecule has 2 aliphatic heterocycles. The summed E-state index contributed by atoms with van der Waals surface area (Å²) in [5.41, 5.74) is 0. The maximum absolute atomic E-state index is 11.6. The smallest absolute Gasteiger partial charge is 0.323 e. The van der Waals surface area contributed by atoms with Gasteiger partial charge in [-0.25, -0.2) is 0 Å². The largest absolute Gasteiger partial charge is 0.468 e. The van der Waals surface area contributed by atoms with Crippen LogP contribution in [-0.2, 0) is 9.53 Å². The SMILES string of the molecule is COC(=O)[C@@H]1CCCN1C1CCCNC1. The van der Waals surface area contributed by atoms with Crippen LogP contribution in [0.15, 0.2) is 0 Å². The summed E-state index contributed by atoms with van der Waals surface area (Å²) < 4.78 is 4.85. The van der Waals surface area contributed by atoms with Crippen LogP contribution >= 0.6 is 0 Å². The predicted octanol–water partition coefficient (Wildman–Crippen LogP) is 0.376. The minimum atomic E-state index is -0.0573. The maximum atomic E-state index is 11.6. The molecule has 2 saturated heterocycles. The van der Waals surface area contributed by atoms with Gasteiger partial charge in [-0.15, -0.1) is 0 Å². The summed E-state index contributed by atoms with van der Waals surface area (Å²) in [6.45, 7) is 3.19. The standard InChI is InChI=1S/C11H20N2O2/c1-15-11(14)10-5-3-7-13(10)9-4-2-6-12-8-9/h9-10,12H,2-8H2,1H3/t9?,10-/m0/s1. The van der Waals surface area contributed by atoms with Crippen molar-refractivity contribution in [3.8, 4) is 0 Å². The molecule has 0 aromatic heterocycles. The lowest BCUT2D eigenvalue weighted by Crippen LogP contribution is -2.50. The fraction of sp³-hybridized carbons (Fsp3) is 0.909. The average Bonchev–Trinajstić information content (AvgIpc) is 2.78. The second kappa shape index (κ2) is 4.94. The molecule has 0 aromatic rings. The predicted molar refractivity (Wildman–Crippen MR) is 57.6 cm³/mol. The van der Waals surface area contributed by atoms with Gasteiger partial charge in [-0.2, -0.15) is 0 Å². The summed E-state index contributed by atoms with van der Waals surface area (Å²) in [5.74, 6) is -0.0573. The van der Waals surface area contributed by atoms with Gasteiger partial charge < -0.3 is 10.1 Å². The van der Waals surface area contributed by atoms with Crippen molar-refractivity contribution in [3.63, 3.8) is 0 Å². The van der Waals surface area contributed by atoms with Crippen molar-refractivity contribution in [1.82, 2.24) is 10.2 Å². The van der Waals surface area contributed by atoms with Gasteiger partial charge in [-0.1, -0.05) is 0 Å². The van der Waals surface area contributed by atoms with Gasteiger partial charge in [0.2, 0.25) is 0 Å². The molecule has 0 aliphatic carbocycles. The highest BCUT2D eigenvalue weighted by Gasteiger charge is 2.36. The van der Waals surface area contributed by atoms with Gasteiger partial charge in [-0.05, 0) is 38.8 Å². The Morgan fingerprint density at radius 2 is 2.27 bits per heavy atom. The molecule has 0 amide bonds. The number of methoxy groups -OCH3 is 1. The number of ether oxygens (including phenoxy) is 1. The highest BCUT2D eigenvalue weighted by Crippen LogP contribution is 2.24. The molecular formula is C11H20N2O2. The van der Waals surface area contributed by atoms with E-state index in [-0.39, 0.29) is 12.0 Å². The Morgan fingerprint density at radius 1 is 1.40 bits per heavy atom.